The molecular weight excluding hydrogens is 314 g/mol. The molecule has 2 amide bonds. The zero-order valence-corrected chi connectivity index (χ0v) is 14.7. The first kappa shape index (κ1) is 15.6. The van der Waals surface area contributed by atoms with Crippen LogP contribution in [-0.4, -0.2) is 46.0 Å². The van der Waals surface area contributed by atoms with E-state index >= 15 is 0 Å². The quantitative estimate of drug-likeness (QED) is 0.866. The molecule has 0 unspecified atom stereocenters. The number of urea groups is 1. The minimum absolute atomic E-state index is 0.0566. The fraction of sp³-hybridized carbons (Fsp3) is 0.316. The lowest BCUT2D eigenvalue weighted by Gasteiger charge is -2.30. The number of carbonyl (C=O) groups excluding carboxylic acids is 1. The number of hydrogen-bond acceptors (Lipinski definition) is 3. The Labute approximate surface area is 147 Å². The molecule has 128 valence electrons. The summed E-state index contributed by atoms with van der Waals surface area (Å²) in [5.41, 5.74) is 2.02. The third kappa shape index (κ3) is 2.45. The maximum Gasteiger partial charge on any atom is 0.331 e. The summed E-state index contributed by atoms with van der Waals surface area (Å²) in [6.07, 6.45) is 4.92. The van der Waals surface area contributed by atoms with Crippen molar-refractivity contribution in [1.82, 2.24) is 14.5 Å². The highest BCUT2D eigenvalue weighted by Crippen LogP contribution is 2.32. The number of nitrogens with zero attached hydrogens (tertiary/aromatic N) is 5. The van der Waals surface area contributed by atoms with Crippen molar-refractivity contribution in [3.05, 3.63) is 47.4 Å². The summed E-state index contributed by atoms with van der Waals surface area (Å²) < 4.78 is 2.02. The van der Waals surface area contributed by atoms with Crippen LogP contribution >= 0.6 is 0 Å². The molecule has 2 aromatic rings. The van der Waals surface area contributed by atoms with Gasteiger partial charge in [-0.3, -0.25) is 14.8 Å². The van der Waals surface area contributed by atoms with Crippen LogP contribution in [0, 0.1) is 0 Å². The van der Waals surface area contributed by atoms with E-state index in [2.05, 4.69) is 11.9 Å². The molecule has 0 aliphatic carbocycles. The van der Waals surface area contributed by atoms with Crippen LogP contribution in [-0.2, 0) is 7.05 Å². The summed E-state index contributed by atoms with van der Waals surface area (Å²) in [5, 5.41) is 0. The van der Waals surface area contributed by atoms with Gasteiger partial charge in [-0.2, -0.15) is 0 Å². The maximum atomic E-state index is 12.6. The summed E-state index contributed by atoms with van der Waals surface area (Å²) in [7, 11) is 3.75. The molecule has 2 aliphatic heterocycles. The summed E-state index contributed by atoms with van der Waals surface area (Å²) in [4.78, 5) is 25.5. The standard InChI is InChI=1S/C19H21N5O/c1-4-14-12-24-18(20-14)16-17(23(3)19(24)25)21-15(22(16)2)11-10-13-8-6-5-7-9-13/h5-11,14H,4,12H2,1-3H3/b11-10+/t14-/m0/s1. The average Bonchev–Trinajstić information content (AvgIpc) is 3.20. The lowest BCUT2D eigenvalue weighted by Crippen LogP contribution is -2.49. The molecule has 0 bridgehead atoms. The first-order chi connectivity index (χ1) is 12.1. The molecule has 0 spiro atoms. The number of aromatic nitrogens is 2. The van der Waals surface area contributed by atoms with E-state index in [1.54, 1.807) is 16.8 Å². The molecule has 0 saturated carbocycles. The minimum Gasteiger partial charge on any atom is -0.323 e. The molecule has 1 aromatic carbocycles. The molecule has 1 aromatic heterocycles. The van der Waals surface area contributed by atoms with Crippen LogP contribution in [0.25, 0.3) is 12.2 Å². The third-order valence-electron chi connectivity index (χ3n) is 4.81. The van der Waals surface area contributed by atoms with E-state index in [9.17, 15) is 4.79 Å². The lowest BCUT2D eigenvalue weighted by atomic mass is 10.2. The smallest absolute Gasteiger partial charge is 0.323 e. The number of carbonyl (C=O) groups is 1. The highest BCUT2D eigenvalue weighted by Gasteiger charge is 2.41. The van der Waals surface area contributed by atoms with Crippen LogP contribution in [0.1, 0.15) is 30.4 Å². The van der Waals surface area contributed by atoms with Gasteiger partial charge in [-0.15, -0.1) is 0 Å². The summed E-state index contributed by atoms with van der Waals surface area (Å²) in [6.45, 7) is 2.74. The van der Waals surface area contributed by atoms with Gasteiger partial charge in [-0.05, 0) is 18.1 Å². The molecule has 6 nitrogen and oxygen atoms in total. The molecule has 0 fully saturated rings. The molecule has 0 saturated heterocycles. The van der Waals surface area contributed by atoms with Gasteiger partial charge in [0.15, 0.2) is 11.7 Å². The first-order valence-electron chi connectivity index (χ1n) is 8.53. The van der Waals surface area contributed by atoms with E-state index in [1.165, 1.54) is 0 Å². The number of benzene rings is 1. The zero-order chi connectivity index (χ0) is 17.6. The Bertz CT molecular complexity index is 881. The monoisotopic (exact) mass is 335 g/mol. The van der Waals surface area contributed by atoms with Crippen LogP contribution in [0.3, 0.4) is 0 Å². The second-order valence-electron chi connectivity index (χ2n) is 6.41. The maximum absolute atomic E-state index is 12.6. The van der Waals surface area contributed by atoms with Gasteiger partial charge >= 0.3 is 6.03 Å². The van der Waals surface area contributed by atoms with E-state index < -0.39 is 0 Å². The van der Waals surface area contributed by atoms with Crippen molar-refractivity contribution in [2.75, 3.05) is 18.5 Å². The second-order valence-corrected chi connectivity index (χ2v) is 6.41. The molecule has 0 radical (unpaired) electrons. The van der Waals surface area contributed by atoms with E-state index in [-0.39, 0.29) is 12.1 Å². The van der Waals surface area contributed by atoms with Crippen molar-refractivity contribution in [3.63, 3.8) is 0 Å². The SMILES string of the molecule is CC[C@H]1CN2C(=O)N(C)c3nc(/C=C/c4ccccc4)n(C)c3C2=N1. The van der Waals surface area contributed by atoms with Crippen LogP contribution in [0.15, 0.2) is 35.3 Å². The Morgan fingerprint density at radius 2 is 1.96 bits per heavy atom. The van der Waals surface area contributed by atoms with E-state index in [1.807, 2.05) is 54.1 Å². The van der Waals surface area contributed by atoms with Gasteiger partial charge in [-0.1, -0.05) is 43.3 Å². The molecule has 1 atom stereocenters. The molecule has 3 heterocycles. The average molecular weight is 335 g/mol. The van der Waals surface area contributed by atoms with Crippen molar-refractivity contribution >= 4 is 29.8 Å². The Kier molecular flexibility index (Phi) is 3.67. The number of aliphatic imine (C=N–C) groups is 1. The fourth-order valence-electron chi connectivity index (χ4n) is 3.30. The van der Waals surface area contributed by atoms with E-state index in [0.717, 1.165) is 29.3 Å². The highest BCUT2D eigenvalue weighted by molar-refractivity contribution is 6.18. The van der Waals surface area contributed by atoms with Gasteiger partial charge < -0.3 is 4.57 Å². The van der Waals surface area contributed by atoms with Crippen LogP contribution in [0.2, 0.25) is 0 Å². The number of rotatable bonds is 3. The number of anilines is 1. The van der Waals surface area contributed by atoms with E-state index in [0.29, 0.717) is 12.4 Å². The van der Waals surface area contributed by atoms with Crippen molar-refractivity contribution in [2.24, 2.45) is 12.0 Å². The molecule has 2 aliphatic rings. The lowest BCUT2D eigenvalue weighted by molar-refractivity contribution is 0.228. The van der Waals surface area contributed by atoms with Crippen molar-refractivity contribution in [2.45, 2.75) is 19.4 Å². The highest BCUT2D eigenvalue weighted by atomic mass is 16.2. The van der Waals surface area contributed by atoms with Crippen LogP contribution in [0.5, 0.6) is 0 Å². The zero-order valence-electron chi connectivity index (χ0n) is 14.7. The summed E-state index contributed by atoms with van der Waals surface area (Å²) >= 11 is 0. The van der Waals surface area contributed by atoms with Gasteiger partial charge in [0, 0.05) is 14.1 Å². The van der Waals surface area contributed by atoms with Crippen molar-refractivity contribution < 1.29 is 4.79 Å². The van der Waals surface area contributed by atoms with Gasteiger partial charge in [0.05, 0.1) is 12.6 Å². The first-order valence-corrected chi connectivity index (χ1v) is 8.53. The molecular formula is C19H21N5O. The number of imidazole rings is 1. The Balaban J connectivity index is 1.77. The van der Waals surface area contributed by atoms with Crippen molar-refractivity contribution in [3.8, 4) is 0 Å². The van der Waals surface area contributed by atoms with Gasteiger partial charge in [-0.25, -0.2) is 9.78 Å². The summed E-state index contributed by atoms with van der Waals surface area (Å²) in [5.74, 6) is 2.23. The predicted octanol–water partition coefficient (Wildman–Crippen LogP) is 3.00. The van der Waals surface area contributed by atoms with E-state index in [4.69, 9.17) is 4.99 Å². The number of amidine groups is 1. The molecule has 0 N–H and O–H groups in total. The van der Waals surface area contributed by atoms with Gasteiger partial charge in [0.2, 0.25) is 0 Å². The molecule has 6 heteroatoms. The third-order valence-corrected chi connectivity index (χ3v) is 4.81. The largest absolute Gasteiger partial charge is 0.331 e. The van der Waals surface area contributed by atoms with Crippen LogP contribution < -0.4 is 4.90 Å². The molecule has 4 rings (SSSR count). The Morgan fingerprint density at radius 1 is 1.20 bits per heavy atom. The Morgan fingerprint density at radius 3 is 2.68 bits per heavy atom. The fourth-order valence-corrected chi connectivity index (χ4v) is 3.30. The Hall–Kier alpha value is -2.89. The van der Waals surface area contributed by atoms with Gasteiger partial charge in [0.25, 0.3) is 0 Å². The topological polar surface area (TPSA) is 53.7 Å². The second kappa shape index (κ2) is 5.88. The minimum atomic E-state index is -0.0566. The molecule has 25 heavy (non-hydrogen) atoms. The summed E-state index contributed by atoms with van der Waals surface area (Å²) in [6, 6.07) is 10.2. The van der Waals surface area contributed by atoms with Gasteiger partial charge in [0.1, 0.15) is 11.5 Å². The van der Waals surface area contributed by atoms with Crippen molar-refractivity contribution in [1.29, 1.82) is 0 Å². The number of amides is 2. The normalized spacial score (nSPS) is 19.4. The number of hydrogen-bond donors (Lipinski definition) is 0. The predicted molar refractivity (Wildman–Crippen MR) is 99.7 cm³/mol. The number of fused-ring (bicyclic) bond motifs is 3. The van der Waals surface area contributed by atoms with Crippen LogP contribution in [0.4, 0.5) is 10.6 Å².